The highest BCUT2D eigenvalue weighted by atomic mass is 16.6. The Balaban J connectivity index is 1.70. The number of rotatable bonds is 19. The number of carbonyl (C=O) groups is 5. The Morgan fingerprint density at radius 1 is 0.620 bits per heavy atom. The molecule has 3 rings (SSSR count). The lowest BCUT2D eigenvalue weighted by Gasteiger charge is -2.26. The van der Waals surface area contributed by atoms with E-state index in [9.17, 15) is 29.1 Å². The molecule has 3 aromatic rings. The lowest BCUT2D eigenvalue weighted by Crippen LogP contribution is -2.58. The van der Waals surface area contributed by atoms with E-state index in [4.69, 9.17) is 18.9 Å². The minimum Gasteiger partial charge on any atom is -0.480 e. The van der Waals surface area contributed by atoms with Crippen LogP contribution in [0.4, 0.5) is 4.79 Å². The van der Waals surface area contributed by atoms with Gasteiger partial charge in [-0.2, -0.15) is 0 Å². The fraction of sp³-hybridized carbons (Fsp3) is 0.378. The minimum atomic E-state index is -1.48. The van der Waals surface area contributed by atoms with Crippen LogP contribution in [0.5, 0.6) is 0 Å². The van der Waals surface area contributed by atoms with Crippen molar-refractivity contribution in [2.24, 2.45) is 0 Å². The first-order valence-electron chi connectivity index (χ1n) is 16.2. The van der Waals surface area contributed by atoms with Crippen LogP contribution in [0.15, 0.2) is 91.0 Å². The third-order valence-corrected chi connectivity index (χ3v) is 6.93. The molecule has 0 aromatic heterocycles. The molecule has 0 fully saturated rings. The molecule has 0 aliphatic carbocycles. The maximum absolute atomic E-state index is 13.6. The zero-order valence-electron chi connectivity index (χ0n) is 28.5. The van der Waals surface area contributed by atoms with Crippen molar-refractivity contribution in [1.29, 1.82) is 0 Å². The largest absolute Gasteiger partial charge is 0.480 e. The van der Waals surface area contributed by atoms with E-state index in [1.165, 1.54) is 0 Å². The van der Waals surface area contributed by atoms with Crippen molar-refractivity contribution in [3.05, 3.63) is 108 Å². The van der Waals surface area contributed by atoms with Gasteiger partial charge in [0.1, 0.15) is 30.3 Å². The maximum atomic E-state index is 13.6. The van der Waals surface area contributed by atoms with Crippen molar-refractivity contribution in [2.75, 3.05) is 13.2 Å². The predicted octanol–water partition coefficient (Wildman–Crippen LogP) is 3.89. The second-order valence-corrected chi connectivity index (χ2v) is 12.3. The highest BCUT2D eigenvalue weighted by Crippen LogP contribution is 2.09. The van der Waals surface area contributed by atoms with Crippen molar-refractivity contribution in [2.45, 2.75) is 77.2 Å². The molecule has 4 N–H and O–H groups in total. The number of hydrogen-bond donors (Lipinski definition) is 4. The van der Waals surface area contributed by atoms with Gasteiger partial charge in [0, 0.05) is 6.42 Å². The Kier molecular flexibility index (Phi) is 15.9. The first-order chi connectivity index (χ1) is 23.9. The molecule has 13 heteroatoms. The zero-order chi connectivity index (χ0) is 36.4. The Labute approximate surface area is 291 Å². The topological polar surface area (TPSA) is 179 Å². The molecule has 0 saturated carbocycles. The quantitative estimate of drug-likeness (QED) is 0.135. The first-order valence-corrected chi connectivity index (χ1v) is 16.2. The summed E-state index contributed by atoms with van der Waals surface area (Å²) < 4.78 is 22.0. The number of benzene rings is 3. The van der Waals surface area contributed by atoms with Gasteiger partial charge in [-0.05, 0) is 43.9 Å². The predicted molar refractivity (Wildman–Crippen MR) is 182 cm³/mol. The molecule has 3 aromatic carbocycles. The van der Waals surface area contributed by atoms with Crippen LogP contribution >= 0.6 is 0 Å². The molecule has 0 aliphatic heterocycles. The summed E-state index contributed by atoms with van der Waals surface area (Å²) >= 11 is 0. The van der Waals surface area contributed by atoms with E-state index in [0.29, 0.717) is 0 Å². The van der Waals surface area contributed by atoms with Gasteiger partial charge in [0.25, 0.3) is 0 Å². The molecular formula is C37H45N3O10. The summed E-state index contributed by atoms with van der Waals surface area (Å²) in [5, 5.41) is 17.3. The molecule has 268 valence electrons. The third-order valence-electron chi connectivity index (χ3n) is 6.93. The molecule has 0 spiro atoms. The summed E-state index contributed by atoms with van der Waals surface area (Å²) in [5.74, 6) is -3.71. The number of carboxylic acid groups (broad SMARTS) is 1. The van der Waals surface area contributed by atoms with E-state index in [0.717, 1.165) is 16.7 Å². The number of ether oxygens (including phenoxy) is 4. The fourth-order valence-electron chi connectivity index (χ4n) is 4.43. The number of nitrogens with one attached hydrogen (secondary N) is 3. The summed E-state index contributed by atoms with van der Waals surface area (Å²) in [6, 6.07) is 23.1. The van der Waals surface area contributed by atoms with Gasteiger partial charge in [-0.15, -0.1) is 0 Å². The van der Waals surface area contributed by atoms with Crippen molar-refractivity contribution in [1.82, 2.24) is 16.0 Å². The lowest BCUT2D eigenvalue weighted by atomic mass is 10.1. The molecule has 0 bridgehead atoms. The van der Waals surface area contributed by atoms with E-state index in [1.54, 1.807) is 45.0 Å². The molecule has 13 nitrogen and oxygen atoms in total. The summed E-state index contributed by atoms with van der Waals surface area (Å²) in [6.45, 7) is 4.63. The molecule has 50 heavy (non-hydrogen) atoms. The molecule has 3 amide bonds. The fourth-order valence-corrected chi connectivity index (χ4v) is 4.43. The normalized spacial score (nSPS) is 12.9. The average Bonchev–Trinajstić information content (AvgIpc) is 3.08. The maximum Gasteiger partial charge on any atom is 0.408 e. The van der Waals surface area contributed by atoms with E-state index < -0.39 is 53.6 Å². The SMILES string of the molecule is CC(C)(C)OC(=O)N[C@@H](COCc1ccccc1)C(=O)N[C@@H](COCc1ccccc1)C(=O)N[C@@H](CCC(=O)OCc1ccccc1)C(=O)O. The van der Waals surface area contributed by atoms with Crippen molar-refractivity contribution in [3.63, 3.8) is 0 Å². The van der Waals surface area contributed by atoms with Crippen LogP contribution in [0.2, 0.25) is 0 Å². The van der Waals surface area contributed by atoms with Gasteiger partial charge >= 0.3 is 18.0 Å². The number of alkyl carbamates (subject to hydrolysis) is 1. The van der Waals surface area contributed by atoms with Crippen LogP contribution in [0.25, 0.3) is 0 Å². The third kappa shape index (κ3) is 15.3. The second-order valence-electron chi connectivity index (χ2n) is 12.3. The van der Waals surface area contributed by atoms with Crippen molar-refractivity contribution in [3.8, 4) is 0 Å². The van der Waals surface area contributed by atoms with Crippen LogP contribution in [-0.4, -0.2) is 71.9 Å². The lowest BCUT2D eigenvalue weighted by molar-refractivity contribution is -0.146. The van der Waals surface area contributed by atoms with Crippen molar-refractivity contribution >= 4 is 29.8 Å². The Hall–Kier alpha value is -5.27. The molecule has 0 saturated heterocycles. The molecule has 0 unspecified atom stereocenters. The Morgan fingerprint density at radius 2 is 1.04 bits per heavy atom. The standard InChI is InChI=1S/C37H45N3O10/c1-37(2,3)50-36(46)40-31(25-48-22-27-15-9-5-10-16-27)34(43)39-30(24-47-21-26-13-7-4-8-14-26)33(42)38-29(35(44)45)19-20-32(41)49-23-28-17-11-6-12-18-28/h4-18,29-31H,19-25H2,1-3H3,(H,38,42)(H,39,43)(H,40,46)(H,44,45)/t29-,30-,31-/m0/s1. The van der Waals surface area contributed by atoms with Gasteiger partial charge in [0.05, 0.1) is 26.4 Å². The van der Waals surface area contributed by atoms with Gasteiger partial charge in [-0.25, -0.2) is 9.59 Å². The molecule has 0 radical (unpaired) electrons. The summed E-state index contributed by atoms with van der Waals surface area (Å²) in [7, 11) is 0. The molecule has 0 aliphatic rings. The molecule has 0 heterocycles. The Bertz CT molecular complexity index is 1510. The van der Waals surface area contributed by atoms with Crippen molar-refractivity contribution < 1.29 is 48.0 Å². The van der Waals surface area contributed by atoms with E-state index in [1.807, 2.05) is 66.7 Å². The number of aliphatic carboxylic acids is 1. The zero-order valence-corrected chi connectivity index (χ0v) is 28.5. The first kappa shape index (κ1) is 39.2. The summed E-state index contributed by atoms with van der Waals surface area (Å²) in [5.41, 5.74) is 1.54. The number of amides is 3. The smallest absolute Gasteiger partial charge is 0.408 e. The van der Waals surface area contributed by atoms with Crippen LogP contribution in [-0.2, 0) is 57.9 Å². The van der Waals surface area contributed by atoms with Crippen LogP contribution in [0, 0.1) is 0 Å². The van der Waals surface area contributed by atoms with Crippen LogP contribution < -0.4 is 16.0 Å². The van der Waals surface area contributed by atoms with Crippen LogP contribution in [0.1, 0.15) is 50.3 Å². The van der Waals surface area contributed by atoms with Gasteiger partial charge < -0.3 is 40.0 Å². The van der Waals surface area contributed by atoms with Gasteiger partial charge in [-0.3, -0.25) is 14.4 Å². The highest BCUT2D eigenvalue weighted by molar-refractivity contribution is 5.93. The second kappa shape index (κ2) is 20.3. The minimum absolute atomic E-state index is 0.0180. The molecule has 3 atom stereocenters. The average molecular weight is 692 g/mol. The van der Waals surface area contributed by atoms with E-state index >= 15 is 0 Å². The number of hydrogen-bond acceptors (Lipinski definition) is 9. The summed E-state index contributed by atoms with van der Waals surface area (Å²) in [6.07, 6.45) is -1.43. The highest BCUT2D eigenvalue weighted by Gasteiger charge is 2.31. The number of carboxylic acids is 1. The number of carbonyl (C=O) groups excluding carboxylic acids is 4. The van der Waals surface area contributed by atoms with Crippen LogP contribution in [0.3, 0.4) is 0 Å². The van der Waals surface area contributed by atoms with Gasteiger partial charge in [-0.1, -0.05) is 91.0 Å². The number of esters is 1. The summed E-state index contributed by atoms with van der Waals surface area (Å²) in [4.78, 5) is 64.2. The molecular weight excluding hydrogens is 646 g/mol. The van der Waals surface area contributed by atoms with Gasteiger partial charge in [0.15, 0.2) is 0 Å². The van der Waals surface area contributed by atoms with E-state index in [-0.39, 0.29) is 45.9 Å². The Morgan fingerprint density at radius 3 is 1.48 bits per heavy atom. The van der Waals surface area contributed by atoms with E-state index in [2.05, 4.69) is 16.0 Å². The monoisotopic (exact) mass is 691 g/mol. The van der Waals surface area contributed by atoms with Gasteiger partial charge in [0.2, 0.25) is 11.8 Å².